The summed E-state index contributed by atoms with van der Waals surface area (Å²) in [6.45, 7) is 8.28. The molecule has 3 heteroatoms. The van der Waals surface area contributed by atoms with Crippen LogP contribution in [0.3, 0.4) is 0 Å². The van der Waals surface area contributed by atoms with Gasteiger partial charge in [-0.25, -0.2) is 0 Å². The third-order valence-electron chi connectivity index (χ3n) is 3.92. The predicted octanol–water partition coefficient (Wildman–Crippen LogP) is 2.21. The molecule has 2 atom stereocenters. The molecule has 0 aliphatic carbocycles. The monoisotopic (exact) mass is 244 g/mol. The minimum atomic E-state index is 0.722. The van der Waals surface area contributed by atoms with Crippen LogP contribution in [0.1, 0.15) is 26.7 Å². The summed E-state index contributed by atoms with van der Waals surface area (Å²) in [6.07, 6.45) is 2.74. The molecule has 16 heavy (non-hydrogen) atoms. The number of rotatable bonds is 6. The zero-order valence-corrected chi connectivity index (χ0v) is 12.2. The van der Waals surface area contributed by atoms with E-state index in [1.165, 1.54) is 32.5 Å². The van der Waals surface area contributed by atoms with E-state index in [0.29, 0.717) is 0 Å². The predicted molar refractivity (Wildman–Crippen MR) is 75.3 cm³/mol. The zero-order valence-electron chi connectivity index (χ0n) is 11.3. The van der Waals surface area contributed by atoms with Crippen LogP contribution in [0.25, 0.3) is 0 Å². The normalized spacial score (nSPS) is 24.6. The third-order valence-corrected chi connectivity index (χ3v) is 4.39. The maximum atomic E-state index is 4.46. The Morgan fingerprint density at radius 3 is 2.56 bits per heavy atom. The third kappa shape index (κ3) is 4.27. The fraction of sp³-hybridized carbons (Fsp3) is 1.00. The highest BCUT2D eigenvalue weighted by molar-refractivity contribution is 7.80. The first-order valence-electron chi connectivity index (χ1n) is 6.54. The second kappa shape index (κ2) is 6.87. The van der Waals surface area contributed by atoms with Crippen molar-refractivity contribution >= 4 is 12.6 Å². The molecule has 2 unspecified atom stereocenters. The van der Waals surface area contributed by atoms with Crippen molar-refractivity contribution in [3.63, 3.8) is 0 Å². The maximum Gasteiger partial charge on any atom is 0.0220 e. The molecule has 0 saturated carbocycles. The van der Waals surface area contributed by atoms with Gasteiger partial charge in [0.2, 0.25) is 0 Å². The van der Waals surface area contributed by atoms with Crippen LogP contribution in [0.15, 0.2) is 0 Å². The molecule has 96 valence electrons. The first-order valence-corrected chi connectivity index (χ1v) is 7.17. The topological polar surface area (TPSA) is 6.48 Å². The van der Waals surface area contributed by atoms with E-state index in [2.05, 4.69) is 50.4 Å². The van der Waals surface area contributed by atoms with Crippen LogP contribution in [0, 0.1) is 11.8 Å². The van der Waals surface area contributed by atoms with E-state index in [-0.39, 0.29) is 0 Å². The van der Waals surface area contributed by atoms with E-state index in [4.69, 9.17) is 0 Å². The maximum absolute atomic E-state index is 4.46. The molecule has 1 rings (SSSR count). The summed E-state index contributed by atoms with van der Waals surface area (Å²) in [5.41, 5.74) is 0. The molecular weight excluding hydrogens is 216 g/mol. The molecule has 0 aromatic heterocycles. The highest BCUT2D eigenvalue weighted by Crippen LogP contribution is 2.18. The van der Waals surface area contributed by atoms with Crippen LogP contribution >= 0.6 is 12.6 Å². The largest absolute Gasteiger partial charge is 0.304 e. The lowest BCUT2D eigenvalue weighted by Crippen LogP contribution is -2.39. The molecule has 0 aromatic rings. The summed E-state index contributed by atoms with van der Waals surface area (Å²) in [5.74, 6) is 2.46. The number of thiol groups is 1. The number of likely N-dealkylation sites (tertiary alicyclic amines) is 1. The number of likely N-dealkylation sites (N-methyl/N-ethyl adjacent to an activating group) is 2. The van der Waals surface area contributed by atoms with Gasteiger partial charge in [-0.3, -0.25) is 0 Å². The standard InChI is InChI=1S/C13H28N2S/c1-11(2)12(10-16)8-14(3)9-13-6-5-7-15(13)4/h11-13,16H,5-10H2,1-4H3. The Morgan fingerprint density at radius 1 is 1.44 bits per heavy atom. The van der Waals surface area contributed by atoms with E-state index in [1.54, 1.807) is 0 Å². The van der Waals surface area contributed by atoms with Gasteiger partial charge >= 0.3 is 0 Å². The molecular formula is C13H28N2S. The summed E-state index contributed by atoms with van der Waals surface area (Å²) >= 11 is 4.46. The van der Waals surface area contributed by atoms with Gasteiger partial charge in [0, 0.05) is 19.1 Å². The molecule has 0 N–H and O–H groups in total. The smallest absolute Gasteiger partial charge is 0.0220 e. The lowest BCUT2D eigenvalue weighted by molar-refractivity contribution is 0.190. The van der Waals surface area contributed by atoms with Gasteiger partial charge in [-0.05, 0) is 51.1 Å². The molecule has 0 bridgehead atoms. The quantitative estimate of drug-likeness (QED) is 0.716. The van der Waals surface area contributed by atoms with Gasteiger partial charge in [0.25, 0.3) is 0 Å². The average Bonchev–Trinajstić information content (AvgIpc) is 2.60. The molecule has 1 heterocycles. The Morgan fingerprint density at radius 2 is 2.12 bits per heavy atom. The fourth-order valence-corrected chi connectivity index (χ4v) is 3.06. The molecule has 0 spiro atoms. The van der Waals surface area contributed by atoms with Crippen molar-refractivity contribution in [3.05, 3.63) is 0 Å². The second-order valence-corrected chi connectivity index (χ2v) is 6.05. The Labute approximate surface area is 107 Å². The van der Waals surface area contributed by atoms with E-state index >= 15 is 0 Å². The van der Waals surface area contributed by atoms with Crippen molar-refractivity contribution in [2.24, 2.45) is 11.8 Å². The molecule has 1 fully saturated rings. The molecule has 1 saturated heterocycles. The summed E-state index contributed by atoms with van der Waals surface area (Å²) in [6, 6.07) is 0.776. The second-order valence-electron chi connectivity index (χ2n) is 5.68. The highest BCUT2D eigenvalue weighted by Gasteiger charge is 2.23. The van der Waals surface area contributed by atoms with Gasteiger partial charge in [-0.15, -0.1) is 0 Å². The van der Waals surface area contributed by atoms with Crippen LogP contribution < -0.4 is 0 Å². The summed E-state index contributed by atoms with van der Waals surface area (Å²) < 4.78 is 0. The van der Waals surface area contributed by atoms with Crippen LogP contribution in [0.5, 0.6) is 0 Å². The van der Waals surface area contributed by atoms with Crippen LogP contribution in [0.2, 0.25) is 0 Å². The van der Waals surface area contributed by atoms with Crippen molar-refractivity contribution in [1.82, 2.24) is 9.80 Å². The van der Waals surface area contributed by atoms with E-state index in [9.17, 15) is 0 Å². The van der Waals surface area contributed by atoms with Gasteiger partial charge in [0.15, 0.2) is 0 Å². The average molecular weight is 244 g/mol. The first-order chi connectivity index (χ1) is 7.54. The van der Waals surface area contributed by atoms with Gasteiger partial charge in [0.05, 0.1) is 0 Å². The van der Waals surface area contributed by atoms with Crippen molar-refractivity contribution in [3.8, 4) is 0 Å². The fourth-order valence-electron chi connectivity index (χ4n) is 2.52. The summed E-state index contributed by atoms with van der Waals surface area (Å²) in [4.78, 5) is 4.99. The first kappa shape index (κ1) is 14.3. The van der Waals surface area contributed by atoms with Crippen molar-refractivity contribution < 1.29 is 0 Å². The van der Waals surface area contributed by atoms with E-state index in [0.717, 1.165) is 23.6 Å². The van der Waals surface area contributed by atoms with Crippen LogP contribution in [0.4, 0.5) is 0 Å². The minimum Gasteiger partial charge on any atom is -0.304 e. The number of hydrogen-bond donors (Lipinski definition) is 1. The lowest BCUT2D eigenvalue weighted by Gasteiger charge is -2.29. The zero-order chi connectivity index (χ0) is 12.1. The molecule has 0 amide bonds. The summed E-state index contributed by atoms with van der Waals surface area (Å²) in [5, 5.41) is 0. The minimum absolute atomic E-state index is 0.722. The highest BCUT2D eigenvalue weighted by atomic mass is 32.1. The molecule has 1 aliphatic heterocycles. The number of nitrogens with zero attached hydrogens (tertiary/aromatic N) is 2. The van der Waals surface area contributed by atoms with Gasteiger partial charge in [-0.1, -0.05) is 13.8 Å². The Hall–Kier alpha value is 0.270. The van der Waals surface area contributed by atoms with Crippen molar-refractivity contribution in [2.75, 3.05) is 39.5 Å². The van der Waals surface area contributed by atoms with Gasteiger partial charge < -0.3 is 9.80 Å². The number of hydrogen-bond acceptors (Lipinski definition) is 3. The Balaban J connectivity index is 2.31. The van der Waals surface area contributed by atoms with E-state index < -0.39 is 0 Å². The lowest BCUT2D eigenvalue weighted by atomic mass is 9.97. The summed E-state index contributed by atoms with van der Waals surface area (Å²) in [7, 11) is 4.51. The molecule has 2 nitrogen and oxygen atoms in total. The van der Waals surface area contributed by atoms with Gasteiger partial charge in [-0.2, -0.15) is 12.6 Å². The Kier molecular flexibility index (Phi) is 6.16. The van der Waals surface area contributed by atoms with Crippen molar-refractivity contribution in [2.45, 2.75) is 32.7 Å². The molecule has 0 radical (unpaired) electrons. The van der Waals surface area contributed by atoms with Crippen molar-refractivity contribution in [1.29, 1.82) is 0 Å². The van der Waals surface area contributed by atoms with E-state index in [1.807, 2.05) is 0 Å². The Bertz CT molecular complexity index is 192. The molecule has 0 aromatic carbocycles. The van der Waals surface area contributed by atoms with Crippen LogP contribution in [-0.2, 0) is 0 Å². The SMILES string of the molecule is CC(C)C(CS)CN(C)CC1CCCN1C. The van der Waals surface area contributed by atoms with Crippen LogP contribution in [-0.4, -0.2) is 55.3 Å². The molecule has 1 aliphatic rings. The van der Waals surface area contributed by atoms with Gasteiger partial charge in [0.1, 0.15) is 0 Å².